The number of benzene rings is 1. The van der Waals surface area contributed by atoms with Crippen LogP contribution in [0.5, 0.6) is 0 Å². The van der Waals surface area contributed by atoms with Gasteiger partial charge in [-0.05, 0) is 49.6 Å². The molecule has 2 aromatic heterocycles. The smallest absolute Gasteiger partial charge is 0.370 e. The molecule has 0 saturated heterocycles. The molecule has 1 aliphatic rings. The third-order valence-electron chi connectivity index (χ3n) is 4.58. The van der Waals surface area contributed by atoms with Crippen molar-refractivity contribution in [2.75, 3.05) is 11.9 Å². The van der Waals surface area contributed by atoms with Crippen molar-refractivity contribution < 1.29 is 13.2 Å². The van der Waals surface area contributed by atoms with E-state index in [0.717, 1.165) is 36.5 Å². The molecule has 1 aliphatic heterocycles. The van der Waals surface area contributed by atoms with Crippen LogP contribution in [0.3, 0.4) is 0 Å². The second-order valence-corrected chi connectivity index (χ2v) is 6.80. The van der Waals surface area contributed by atoms with Gasteiger partial charge in [-0.3, -0.25) is 4.98 Å². The van der Waals surface area contributed by atoms with E-state index in [-0.39, 0.29) is 10.7 Å². The van der Waals surface area contributed by atoms with Crippen LogP contribution in [-0.2, 0) is 12.6 Å². The SMILES string of the molecule is FC(F)(F)c1cc(Cl)ccc1-n1nc(-c2ccncc2)c2c1NCCCC2. The van der Waals surface area contributed by atoms with E-state index in [9.17, 15) is 13.2 Å². The van der Waals surface area contributed by atoms with E-state index in [0.29, 0.717) is 18.1 Å². The van der Waals surface area contributed by atoms with Crippen LogP contribution in [0.1, 0.15) is 24.0 Å². The highest BCUT2D eigenvalue weighted by molar-refractivity contribution is 6.30. The van der Waals surface area contributed by atoms with E-state index in [4.69, 9.17) is 11.6 Å². The Kier molecular flexibility index (Phi) is 4.55. The number of pyridine rings is 1. The molecular formula is C19H16ClF3N4. The minimum absolute atomic E-state index is 0.0339. The number of rotatable bonds is 2. The Hall–Kier alpha value is -2.54. The van der Waals surface area contributed by atoms with E-state index in [1.54, 1.807) is 12.4 Å². The average Bonchev–Trinajstić information content (AvgIpc) is 2.83. The summed E-state index contributed by atoms with van der Waals surface area (Å²) in [7, 11) is 0. The highest BCUT2D eigenvalue weighted by Gasteiger charge is 2.36. The standard InChI is InChI=1S/C19H16ClF3N4/c20-13-4-5-16(15(11-13)19(21,22)23)27-18-14(3-1-2-8-25-18)17(26-27)12-6-9-24-10-7-12/h4-7,9-11,25H,1-3,8H2. The average molecular weight is 393 g/mol. The number of hydrogen-bond donors (Lipinski definition) is 1. The van der Waals surface area contributed by atoms with Gasteiger partial charge in [0.25, 0.3) is 0 Å². The molecule has 140 valence electrons. The van der Waals surface area contributed by atoms with Gasteiger partial charge in [-0.25, -0.2) is 4.68 Å². The van der Waals surface area contributed by atoms with Gasteiger partial charge in [0.15, 0.2) is 0 Å². The van der Waals surface area contributed by atoms with Crippen molar-refractivity contribution in [1.29, 1.82) is 0 Å². The molecule has 0 saturated carbocycles. The molecule has 4 nitrogen and oxygen atoms in total. The van der Waals surface area contributed by atoms with Gasteiger partial charge in [0.05, 0.1) is 16.9 Å². The van der Waals surface area contributed by atoms with E-state index in [1.165, 1.54) is 16.8 Å². The number of alkyl halides is 3. The summed E-state index contributed by atoms with van der Waals surface area (Å²) in [6, 6.07) is 7.37. The molecule has 0 fully saturated rings. The summed E-state index contributed by atoms with van der Waals surface area (Å²) < 4.78 is 42.2. The zero-order chi connectivity index (χ0) is 19.0. The maximum Gasteiger partial charge on any atom is 0.418 e. The molecule has 0 aliphatic carbocycles. The second kappa shape index (κ2) is 6.88. The normalized spacial score (nSPS) is 14.4. The monoisotopic (exact) mass is 392 g/mol. The number of aromatic nitrogens is 3. The zero-order valence-corrected chi connectivity index (χ0v) is 15.0. The fraction of sp³-hybridized carbons (Fsp3) is 0.263. The first kappa shape index (κ1) is 17.9. The first-order valence-corrected chi connectivity index (χ1v) is 8.96. The van der Waals surface area contributed by atoms with E-state index >= 15 is 0 Å². The van der Waals surface area contributed by atoms with Crippen LogP contribution in [0.15, 0.2) is 42.7 Å². The quantitative estimate of drug-likeness (QED) is 0.638. The number of anilines is 1. The Balaban J connectivity index is 1.96. The molecule has 0 bridgehead atoms. The largest absolute Gasteiger partial charge is 0.418 e. The number of nitrogens with zero attached hydrogens (tertiary/aromatic N) is 3. The maximum atomic E-state index is 13.6. The van der Waals surface area contributed by atoms with E-state index in [2.05, 4.69) is 15.4 Å². The molecule has 8 heteroatoms. The molecule has 3 aromatic rings. The van der Waals surface area contributed by atoms with Crippen LogP contribution in [0, 0.1) is 0 Å². The Morgan fingerprint density at radius 3 is 2.59 bits per heavy atom. The van der Waals surface area contributed by atoms with Gasteiger partial charge in [-0.1, -0.05) is 11.6 Å². The molecule has 0 atom stereocenters. The van der Waals surface area contributed by atoms with Crippen molar-refractivity contribution in [3.63, 3.8) is 0 Å². The fourth-order valence-corrected chi connectivity index (χ4v) is 3.51. The minimum Gasteiger partial charge on any atom is -0.370 e. The molecule has 0 radical (unpaired) electrons. The molecule has 4 rings (SSSR count). The predicted molar refractivity (Wildman–Crippen MR) is 98.2 cm³/mol. The van der Waals surface area contributed by atoms with Crippen LogP contribution in [0.4, 0.5) is 19.0 Å². The van der Waals surface area contributed by atoms with Crippen LogP contribution >= 0.6 is 11.6 Å². The predicted octanol–water partition coefficient (Wildman–Crippen LogP) is 5.35. The highest BCUT2D eigenvalue weighted by Crippen LogP contribution is 2.39. The van der Waals surface area contributed by atoms with E-state index in [1.807, 2.05) is 12.1 Å². The van der Waals surface area contributed by atoms with Gasteiger partial charge >= 0.3 is 6.18 Å². The van der Waals surface area contributed by atoms with Gasteiger partial charge < -0.3 is 5.32 Å². The lowest BCUT2D eigenvalue weighted by Crippen LogP contribution is -2.14. The molecule has 0 unspecified atom stereocenters. The third-order valence-corrected chi connectivity index (χ3v) is 4.81. The summed E-state index contributed by atoms with van der Waals surface area (Å²) in [6.45, 7) is 0.684. The Morgan fingerprint density at radius 1 is 1.07 bits per heavy atom. The van der Waals surface area contributed by atoms with E-state index < -0.39 is 11.7 Å². The second-order valence-electron chi connectivity index (χ2n) is 6.37. The van der Waals surface area contributed by atoms with Crippen molar-refractivity contribution in [3.05, 3.63) is 58.9 Å². The van der Waals surface area contributed by atoms with Crippen molar-refractivity contribution in [1.82, 2.24) is 14.8 Å². The van der Waals surface area contributed by atoms with Gasteiger partial charge in [-0.2, -0.15) is 18.3 Å². The Bertz CT molecular complexity index is 967. The lowest BCUT2D eigenvalue weighted by molar-refractivity contribution is -0.137. The van der Waals surface area contributed by atoms with Gasteiger partial charge in [0.1, 0.15) is 5.82 Å². The topological polar surface area (TPSA) is 42.7 Å². The molecule has 3 heterocycles. The van der Waals surface area contributed by atoms with Crippen molar-refractivity contribution in [3.8, 4) is 16.9 Å². The van der Waals surface area contributed by atoms with Gasteiger partial charge in [0, 0.05) is 35.1 Å². The lowest BCUT2D eigenvalue weighted by Gasteiger charge is -2.16. The molecular weight excluding hydrogens is 377 g/mol. The Morgan fingerprint density at radius 2 is 1.85 bits per heavy atom. The first-order valence-electron chi connectivity index (χ1n) is 8.58. The molecule has 1 N–H and O–H groups in total. The summed E-state index contributed by atoms with van der Waals surface area (Å²) in [4.78, 5) is 4.01. The summed E-state index contributed by atoms with van der Waals surface area (Å²) in [5.74, 6) is 0.604. The van der Waals surface area contributed by atoms with Crippen LogP contribution in [0.25, 0.3) is 16.9 Å². The zero-order valence-electron chi connectivity index (χ0n) is 14.2. The minimum atomic E-state index is -4.54. The summed E-state index contributed by atoms with van der Waals surface area (Å²) in [5, 5.41) is 7.86. The van der Waals surface area contributed by atoms with Crippen molar-refractivity contribution in [2.24, 2.45) is 0 Å². The maximum absolute atomic E-state index is 13.6. The number of fused-ring (bicyclic) bond motifs is 1. The highest BCUT2D eigenvalue weighted by atomic mass is 35.5. The molecule has 1 aromatic carbocycles. The summed E-state index contributed by atoms with van der Waals surface area (Å²) >= 11 is 5.83. The van der Waals surface area contributed by atoms with Crippen LogP contribution < -0.4 is 5.32 Å². The summed E-state index contributed by atoms with van der Waals surface area (Å²) in [5.41, 5.74) is 1.56. The van der Waals surface area contributed by atoms with Crippen molar-refractivity contribution in [2.45, 2.75) is 25.4 Å². The number of hydrogen-bond acceptors (Lipinski definition) is 3. The first-order chi connectivity index (χ1) is 12.9. The van der Waals surface area contributed by atoms with Crippen LogP contribution in [-0.4, -0.2) is 21.3 Å². The Labute approximate surface area is 159 Å². The number of nitrogens with one attached hydrogen (secondary N) is 1. The van der Waals surface area contributed by atoms with Crippen molar-refractivity contribution >= 4 is 17.4 Å². The molecule has 0 spiro atoms. The number of halogens is 4. The van der Waals surface area contributed by atoms with Crippen LogP contribution in [0.2, 0.25) is 5.02 Å². The van der Waals surface area contributed by atoms with Gasteiger partial charge in [-0.15, -0.1) is 0 Å². The fourth-order valence-electron chi connectivity index (χ4n) is 3.34. The lowest BCUT2D eigenvalue weighted by atomic mass is 10.0. The third kappa shape index (κ3) is 3.39. The molecule has 27 heavy (non-hydrogen) atoms. The molecule has 0 amide bonds. The van der Waals surface area contributed by atoms with Gasteiger partial charge in [0.2, 0.25) is 0 Å². The summed E-state index contributed by atoms with van der Waals surface area (Å²) in [6.07, 6.45) is 1.38.